The first-order valence-corrected chi connectivity index (χ1v) is 12.7. The second kappa shape index (κ2) is 10.7. The molecule has 0 aliphatic carbocycles. The number of nitrogens with one attached hydrogen (secondary N) is 1. The summed E-state index contributed by atoms with van der Waals surface area (Å²) >= 11 is 0. The molecule has 9 nitrogen and oxygen atoms in total. The van der Waals surface area contributed by atoms with Crippen molar-refractivity contribution in [1.82, 2.24) is 14.5 Å². The lowest BCUT2D eigenvalue weighted by molar-refractivity contribution is -0.125. The first kappa shape index (κ1) is 24.6. The van der Waals surface area contributed by atoms with Crippen LogP contribution in [-0.4, -0.2) is 88.0 Å². The summed E-state index contributed by atoms with van der Waals surface area (Å²) < 4.78 is 32.5. The first-order chi connectivity index (χ1) is 15.3. The van der Waals surface area contributed by atoms with E-state index in [0.717, 1.165) is 39.3 Å². The van der Waals surface area contributed by atoms with Crippen molar-refractivity contribution < 1.29 is 22.7 Å². The molecule has 1 N–H and O–H groups in total. The van der Waals surface area contributed by atoms with Crippen LogP contribution >= 0.6 is 0 Å². The van der Waals surface area contributed by atoms with Gasteiger partial charge in [0.15, 0.2) is 0 Å². The van der Waals surface area contributed by atoms with Crippen molar-refractivity contribution in [2.75, 3.05) is 57.4 Å². The molecule has 1 saturated heterocycles. The van der Waals surface area contributed by atoms with E-state index in [1.165, 1.54) is 22.2 Å². The van der Waals surface area contributed by atoms with Crippen molar-refractivity contribution in [2.24, 2.45) is 0 Å². The maximum Gasteiger partial charge on any atom is 0.243 e. The summed E-state index contributed by atoms with van der Waals surface area (Å²) in [7, 11) is -3.61. The molecule has 0 bridgehead atoms. The highest BCUT2D eigenvalue weighted by Gasteiger charge is 2.37. The third-order valence-corrected chi connectivity index (χ3v) is 8.12. The van der Waals surface area contributed by atoms with Crippen molar-refractivity contribution in [3.05, 3.63) is 23.8 Å². The number of benzene rings is 1. The van der Waals surface area contributed by atoms with Crippen LogP contribution in [0.15, 0.2) is 23.1 Å². The summed E-state index contributed by atoms with van der Waals surface area (Å²) in [6, 6.07) is 4.09. The number of sulfonamides is 1. The summed E-state index contributed by atoms with van der Waals surface area (Å²) in [6.07, 6.45) is 1.11. The molecule has 1 unspecified atom stereocenters. The number of morpholine rings is 1. The van der Waals surface area contributed by atoms with Gasteiger partial charge in [-0.3, -0.25) is 19.4 Å². The highest BCUT2D eigenvalue weighted by atomic mass is 32.2. The normalized spacial score (nSPS) is 19.2. The van der Waals surface area contributed by atoms with Gasteiger partial charge in [0.05, 0.1) is 18.1 Å². The molecule has 0 saturated carbocycles. The second-order valence-corrected chi connectivity index (χ2v) is 10.0. The maximum absolute atomic E-state index is 12.9. The average molecular weight is 467 g/mol. The summed E-state index contributed by atoms with van der Waals surface area (Å²) in [5.74, 6) is -0.455. The second-order valence-electron chi connectivity index (χ2n) is 8.09. The number of amides is 2. The van der Waals surface area contributed by atoms with Gasteiger partial charge in [-0.15, -0.1) is 0 Å². The van der Waals surface area contributed by atoms with Crippen molar-refractivity contribution >= 4 is 27.5 Å². The molecule has 2 aliphatic rings. The van der Waals surface area contributed by atoms with Gasteiger partial charge in [0.1, 0.15) is 6.04 Å². The van der Waals surface area contributed by atoms with Crippen LogP contribution in [0.4, 0.5) is 5.69 Å². The van der Waals surface area contributed by atoms with Crippen LogP contribution in [0.2, 0.25) is 0 Å². The van der Waals surface area contributed by atoms with E-state index in [-0.39, 0.29) is 16.7 Å². The van der Waals surface area contributed by atoms with Crippen LogP contribution in [0, 0.1) is 0 Å². The van der Waals surface area contributed by atoms with Crippen molar-refractivity contribution in [1.29, 1.82) is 0 Å². The van der Waals surface area contributed by atoms with E-state index < -0.39 is 16.1 Å². The van der Waals surface area contributed by atoms with Gasteiger partial charge in [0.2, 0.25) is 21.8 Å². The fourth-order valence-corrected chi connectivity index (χ4v) is 5.87. The number of nitrogens with zero attached hydrogens (tertiary/aromatic N) is 3. The van der Waals surface area contributed by atoms with Gasteiger partial charge in [-0.25, -0.2) is 8.42 Å². The Morgan fingerprint density at radius 3 is 2.50 bits per heavy atom. The molecular formula is C22H34N4O5S. The van der Waals surface area contributed by atoms with Gasteiger partial charge in [-0.05, 0) is 36.7 Å². The number of fused-ring (bicyclic) bond motifs is 1. The molecule has 1 aromatic carbocycles. The Morgan fingerprint density at radius 2 is 1.88 bits per heavy atom. The van der Waals surface area contributed by atoms with Crippen LogP contribution in [0.1, 0.15) is 32.8 Å². The van der Waals surface area contributed by atoms with Crippen molar-refractivity contribution in [3.8, 4) is 0 Å². The zero-order chi connectivity index (χ0) is 23.3. The highest BCUT2D eigenvalue weighted by Crippen LogP contribution is 2.34. The topological polar surface area (TPSA) is 99.3 Å². The fourth-order valence-electron chi connectivity index (χ4n) is 4.36. The first-order valence-electron chi connectivity index (χ1n) is 11.3. The van der Waals surface area contributed by atoms with Gasteiger partial charge in [-0.1, -0.05) is 13.8 Å². The Kier molecular flexibility index (Phi) is 8.26. The Morgan fingerprint density at radius 1 is 1.19 bits per heavy atom. The number of hydrogen-bond acceptors (Lipinski definition) is 6. The molecular weight excluding hydrogens is 432 g/mol. The predicted molar refractivity (Wildman–Crippen MR) is 122 cm³/mol. The zero-order valence-electron chi connectivity index (χ0n) is 19.2. The number of rotatable bonds is 9. The van der Waals surface area contributed by atoms with E-state index in [1.54, 1.807) is 26.0 Å². The van der Waals surface area contributed by atoms with Gasteiger partial charge in [0, 0.05) is 51.8 Å². The molecule has 1 fully saturated rings. The lowest BCUT2D eigenvalue weighted by Gasteiger charge is -2.27. The lowest BCUT2D eigenvalue weighted by Crippen LogP contribution is -2.48. The van der Waals surface area contributed by atoms with E-state index in [2.05, 4.69) is 10.2 Å². The Balaban J connectivity index is 1.67. The number of carbonyl (C=O) groups excluding carboxylic acids is 2. The largest absolute Gasteiger partial charge is 0.379 e. The minimum atomic E-state index is -3.61. The van der Waals surface area contributed by atoms with Crippen LogP contribution in [0.3, 0.4) is 0 Å². The molecule has 178 valence electrons. The van der Waals surface area contributed by atoms with Gasteiger partial charge < -0.3 is 10.1 Å². The molecule has 10 heteroatoms. The smallest absolute Gasteiger partial charge is 0.243 e. The third-order valence-electron chi connectivity index (χ3n) is 6.07. The van der Waals surface area contributed by atoms with Crippen LogP contribution < -0.4 is 10.2 Å². The quantitative estimate of drug-likeness (QED) is 0.542. The lowest BCUT2D eigenvalue weighted by atomic mass is 10.1. The van der Waals surface area contributed by atoms with Gasteiger partial charge in [0.25, 0.3) is 0 Å². The molecule has 0 spiro atoms. The zero-order valence-corrected chi connectivity index (χ0v) is 20.0. The number of anilines is 1. The summed E-state index contributed by atoms with van der Waals surface area (Å²) in [4.78, 5) is 29.2. The molecule has 1 atom stereocenters. The minimum absolute atomic E-state index is 0.190. The van der Waals surface area contributed by atoms with E-state index >= 15 is 0 Å². The number of hydrogen-bond donors (Lipinski definition) is 1. The number of ether oxygens (including phenoxy) is 1. The molecule has 0 radical (unpaired) electrons. The molecule has 32 heavy (non-hydrogen) atoms. The predicted octanol–water partition coefficient (Wildman–Crippen LogP) is 0.833. The summed E-state index contributed by atoms with van der Waals surface area (Å²) in [5, 5.41) is 2.95. The Hall–Kier alpha value is -2.01. The van der Waals surface area contributed by atoms with Crippen molar-refractivity contribution in [2.45, 2.75) is 44.6 Å². The summed E-state index contributed by atoms with van der Waals surface area (Å²) in [6.45, 7) is 10.5. The third kappa shape index (κ3) is 5.31. The Labute approximate surface area is 190 Å². The van der Waals surface area contributed by atoms with Gasteiger partial charge in [-0.2, -0.15) is 4.31 Å². The van der Waals surface area contributed by atoms with Crippen LogP contribution in [0.25, 0.3) is 0 Å². The molecule has 2 heterocycles. The minimum Gasteiger partial charge on any atom is -0.379 e. The molecule has 0 aromatic heterocycles. The fraction of sp³-hybridized carbons (Fsp3) is 0.636. The monoisotopic (exact) mass is 466 g/mol. The number of carbonyl (C=O) groups is 2. The van der Waals surface area contributed by atoms with Crippen LogP contribution in [-0.2, 0) is 30.8 Å². The average Bonchev–Trinajstić information content (AvgIpc) is 3.17. The highest BCUT2D eigenvalue weighted by molar-refractivity contribution is 7.89. The Bertz CT molecular complexity index is 926. The van der Waals surface area contributed by atoms with Crippen molar-refractivity contribution in [3.63, 3.8) is 0 Å². The molecule has 1 aromatic rings. The molecule has 3 rings (SSSR count). The van der Waals surface area contributed by atoms with E-state index in [4.69, 9.17) is 4.74 Å². The SMILES string of the molecule is CCN(CC)S(=O)(=O)c1ccc2c(c1)CC(C(=O)NCCCN1CCOCC1)N2C(C)=O. The van der Waals surface area contributed by atoms with E-state index in [0.29, 0.717) is 37.3 Å². The molecule has 2 amide bonds. The van der Waals surface area contributed by atoms with Gasteiger partial charge >= 0.3 is 0 Å². The van der Waals surface area contributed by atoms with E-state index in [9.17, 15) is 18.0 Å². The van der Waals surface area contributed by atoms with E-state index in [1.807, 2.05) is 0 Å². The maximum atomic E-state index is 12.9. The standard InChI is InChI=1S/C22H34N4O5S/c1-4-25(5-2)32(29,30)19-7-8-20-18(15-19)16-21(26(20)17(3)27)22(28)23-9-6-10-24-11-13-31-14-12-24/h7-8,15,21H,4-6,9-14,16H2,1-3H3,(H,23,28). The van der Waals surface area contributed by atoms with Crippen LogP contribution in [0.5, 0.6) is 0 Å². The molecule has 2 aliphatic heterocycles. The summed E-state index contributed by atoms with van der Waals surface area (Å²) in [5.41, 5.74) is 1.30.